The molecule has 1 heterocycles. The van der Waals surface area contributed by atoms with Crippen molar-refractivity contribution in [3.05, 3.63) is 35.5 Å². The molecule has 0 unspecified atom stereocenters. The van der Waals surface area contributed by atoms with Crippen LogP contribution in [0.4, 0.5) is 0 Å². The first-order chi connectivity index (χ1) is 7.45. The van der Waals surface area contributed by atoms with Gasteiger partial charge in [0.2, 0.25) is 0 Å². The normalized spacial score (nSPS) is 12.3. The second-order valence-corrected chi connectivity index (χ2v) is 5.00. The summed E-state index contributed by atoms with van der Waals surface area (Å²) in [7, 11) is 0. The second-order valence-electron chi connectivity index (χ2n) is 5.00. The zero-order valence-corrected chi connectivity index (χ0v) is 10.5. The van der Waals surface area contributed by atoms with Crippen LogP contribution in [-0.2, 0) is 12.1 Å². The van der Waals surface area contributed by atoms with Crippen LogP contribution in [0.25, 0.3) is 10.9 Å². The zero-order chi connectivity index (χ0) is 11.9. The Morgan fingerprint density at radius 3 is 2.56 bits per heavy atom. The summed E-state index contributed by atoms with van der Waals surface area (Å²) in [5.74, 6) is 0. The molecule has 2 N–H and O–H groups in total. The summed E-state index contributed by atoms with van der Waals surface area (Å²) in [6, 6.07) is 8.65. The first-order valence-corrected chi connectivity index (χ1v) is 5.83. The van der Waals surface area contributed by atoms with E-state index in [1.54, 1.807) is 0 Å². The molecule has 0 bridgehead atoms. The van der Waals surface area contributed by atoms with Gasteiger partial charge in [-0.3, -0.25) is 0 Å². The molecule has 0 aliphatic rings. The van der Waals surface area contributed by atoms with Gasteiger partial charge >= 0.3 is 0 Å². The summed E-state index contributed by atoms with van der Waals surface area (Å²) in [6.45, 7) is 9.39. The zero-order valence-electron chi connectivity index (χ0n) is 10.5. The van der Waals surface area contributed by atoms with E-state index in [0.29, 0.717) is 0 Å². The van der Waals surface area contributed by atoms with Crippen molar-refractivity contribution in [2.75, 3.05) is 0 Å². The Kier molecular flexibility index (Phi) is 2.55. The number of fused-ring (bicyclic) bond motifs is 1. The number of aryl methyl sites for hydroxylation is 2. The SMILES string of the molecule is CCn1c(C(C)(C)N)cc2c(C)cccc21. The van der Waals surface area contributed by atoms with Crippen LogP contribution < -0.4 is 5.73 Å². The third kappa shape index (κ3) is 1.63. The standard InChI is InChI=1S/C14H20N2/c1-5-16-12-8-6-7-10(2)11(12)9-13(16)14(3,4)15/h6-9H,5,15H2,1-4H3. The number of rotatable bonds is 2. The highest BCUT2D eigenvalue weighted by Gasteiger charge is 2.20. The minimum absolute atomic E-state index is 0.290. The molecule has 0 amide bonds. The summed E-state index contributed by atoms with van der Waals surface area (Å²) in [5.41, 5.74) is 9.75. The molecule has 0 saturated heterocycles. The molecule has 0 aliphatic carbocycles. The molecule has 0 radical (unpaired) electrons. The fraction of sp³-hybridized carbons (Fsp3) is 0.429. The first kappa shape index (κ1) is 11.2. The monoisotopic (exact) mass is 216 g/mol. The lowest BCUT2D eigenvalue weighted by molar-refractivity contribution is 0.504. The number of hydrogen-bond donors (Lipinski definition) is 1. The smallest absolute Gasteiger partial charge is 0.0506 e. The van der Waals surface area contributed by atoms with Crippen LogP contribution in [0.15, 0.2) is 24.3 Å². The minimum atomic E-state index is -0.290. The predicted octanol–water partition coefficient (Wildman–Crippen LogP) is 3.16. The molecule has 0 aliphatic heterocycles. The molecule has 1 aromatic heterocycles. The summed E-state index contributed by atoms with van der Waals surface area (Å²) in [5, 5.41) is 1.32. The van der Waals surface area contributed by atoms with E-state index >= 15 is 0 Å². The number of benzene rings is 1. The predicted molar refractivity (Wildman–Crippen MR) is 69.6 cm³/mol. The highest BCUT2D eigenvalue weighted by atomic mass is 15.0. The van der Waals surface area contributed by atoms with Crippen molar-refractivity contribution in [2.45, 2.75) is 39.8 Å². The van der Waals surface area contributed by atoms with Crippen LogP contribution >= 0.6 is 0 Å². The average molecular weight is 216 g/mol. The number of nitrogens with two attached hydrogens (primary N) is 1. The number of nitrogens with zero attached hydrogens (tertiary/aromatic N) is 1. The van der Waals surface area contributed by atoms with E-state index in [4.69, 9.17) is 5.73 Å². The molecule has 0 spiro atoms. The molecule has 2 rings (SSSR count). The Labute approximate surface area is 97.1 Å². The van der Waals surface area contributed by atoms with Crippen LogP contribution in [0.5, 0.6) is 0 Å². The van der Waals surface area contributed by atoms with Crippen LogP contribution in [0.1, 0.15) is 32.0 Å². The molecular weight excluding hydrogens is 196 g/mol. The van der Waals surface area contributed by atoms with Crippen molar-refractivity contribution in [2.24, 2.45) is 5.73 Å². The van der Waals surface area contributed by atoms with Gasteiger partial charge in [-0.05, 0) is 45.4 Å². The highest BCUT2D eigenvalue weighted by Crippen LogP contribution is 2.28. The maximum atomic E-state index is 6.23. The van der Waals surface area contributed by atoms with Gasteiger partial charge in [0, 0.05) is 23.1 Å². The fourth-order valence-electron chi connectivity index (χ4n) is 2.31. The minimum Gasteiger partial charge on any atom is -0.343 e. The molecule has 2 nitrogen and oxygen atoms in total. The molecule has 1 aromatic carbocycles. The topological polar surface area (TPSA) is 30.9 Å². The molecule has 2 aromatic rings. The lowest BCUT2D eigenvalue weighted by atomic mass is 10.0. The molecule has 0 saturated carbocycles. The van der Waals surface area contributed by atoms with Gasteiger partial charge in [-0.1, -0.05) is 12.1 Å². The van der Waals surface area contributed by atoms with Gasteiger partial charge in [0.05, 0.1) is 5.54 Å². The lowest BCUT2D eigenvalue weighted by Gasteiger charge is -2.21. The van der Waals surface area contributed by atoms with E-state index in [0.717, 1.165) is 6.54 Å². The van der Waals surface area contributed by atoms with E-state index in [2.05, 4.69) is 56.5 Å². The van der Waals surface area contributed by atoms with Gasteiger partial charge in [-0.2, -0.15) is 0 Å². The fourth-order valence-corrected chi connectivity index (χ4v) is 2.31. The third-order valence-electron chi connectivity index (χ3n) is 3.14. The van der Waals surface area contributed by atoms with Crippen molar-refractivity contribution >= 4 is 10.9 Å². The van der Waals surface area contributed by atoms with Gasteiger partial charge in [-0.25, -0.2) is 0 Å². The van der Waals surface area contributed by atoms with Gasteiger partial charge < -0.3 is 10.3 Å². The van der Waals surface area contributed by atoms with Gasteiger partial charge in [0.1, 0.15) is 0 Å². The van der Waals surface area contributed by atoms with Crippen LogP contribution in [0, 0.1) is 6.92 Å². The summed E-state index contributed by atoms with van der Waals surface area (Å²) in [6.07, 6.45) is 0. The Morgan fingerprint density at radius 2 is 2.00 bits per heavy atom. The Balaban J connectivity index is 2.81. The van der Waals surface area contributed by atoms with Gasteiger partial charge in [0.15, 0.2) is 0 Å². The van der Waals surface area contributed by atoms with E-state index in [9.17, 15) is 0 Å². The van der Waals surface area contributed by atoms with Gasteiger partial charge in [0.25, 0.3) is 0 Å². The molecule has 2 heteroatoms. The summed E-state index contributed by atoms with van der Waals surface area (Å²) in [4.78, 5) is 0. The first-order valence-electron chi connectivity index (χ1n) is 5.83. The van der Waals surface area contributed by atoms with Crippen molar-refractivity contribution in [3.8, 4) is 0 Å². The number of hydrogen-bond acceptors (Lipinski definition) is 1. The van der Waals surface area contributed by atoms with E-state index in [1.165, 1.54) is 22.2 Å². The summed E-state index contributed by atoms with van der Waals surface area (Å²) < 4.78 is 2.31. The summed E-state index contributed by atoms with van der Waals surface area (Å²) >= 11 is 0. The molecule has 0 fully saturated rings. The maximum absolute atomic E-state index is 6.23. The van der Waals surface area contributed by atoms with Crippen molar-refractivity contribution in [1.29, 1.82) is 0 Å². The van der Waals surface area contributed by atoms with Crippen LogP contribution in [0.2, 0.25) is 0 Å². The third-order valence-corrected chi connectivity index (χ3v) is 3.14. The average Bonchev–Trinajstić information content (AvgIpc) is 2.57. The van der Waals surface area contributed by atoms with Crippen molar-refractivity contribution < 1.29 is 0 Å². The maximum Gasteiger partial charge on any atom is 0.0506 e. The van der Waals surface area contributed by atoms with E-state index < -0.39 is 0 Å². The molecule has 16 heavy (non-hydrogen) atoms. The second kappa shape index (κ2) is 3.63. The number of aromatic nitrogens is 1. The van der Waals surface area contributed by atoms with Crippen LogP contribution in [-0.4, -0.2) is 4.57 Å². The lowest BCUT2D eigenvalue weighted by Crippen LogP contribution is -2.31. The molecular formula is C14H20N2. The van der Waals surface area contributed by atoms with Crippen molar-refractivity contribution in [3.63, 3.8) is 0 Å². The van der Waals surface area contributed by atoms with Crippen molar-refractivity contribution in [1.82, 2.24) is 4.57 Å². The van der Waals surface area contributed by atoms with Crippen LogP contribution in [0.3, 0.4) is 0 Å². The largest absolute Gasteiger partial charge is 0.343 e. The quantitative estimate of drug-likeness (QED) is 0.821. The van der Waals surface area contributed by atoms with E-state index in [-0.39, 0.29) is 5.54 Å². The Morgan fingerprint density at radius 1 is 1.31 bits per heavy atom. The van der Waals surface area contributed by atoms with E-state index in [1.807, 2.05) is 0 Å². The molecule has 0 atom stereocenters. The molecule has 86 valence electrons. The van der Waals surface area contributed by atoms with Gasteiger partial charge in [-0.15, -0.1) is 0 Å². The Bertz CT molecular complexity index is 515. The Hall–Kier alpha value is -1.28. The highest BCUT2D eigenvalue weighted by molar-refractivity contribution is 5.85.